The standard InChI is InChI=1S/C11H14BrNO4S/c1-6(8-3-4-9(12)18-8)10(14)13-5-7(17-2)11(15)16/h3-4,6-7H,5H2,1-2H3,(H,13,14)(H,15,16). The Balaban J connectivity index is 2.53. The molecule has 0 bridgehead atoms. The van der Waals surface area contributed by atoms with Crippen LogP contribution in [0.2, 0.25) is 0 Å². The Bertz CT molecular complexity index is 434. The van der Waals surface area contributed by atoms with Crippen molar-refractivity contribution in [2.45, 2.75) is 18.9 Å². The van der Waals surface area contributed by atoms with Crippen LogP contribution >= 0.6 is 27.3 Å². The van der Waals surface area contributed by atoms with E-state index in [9.17, 15) is 9.59 Å². The van der Waals surface area contributed by atoms with Gasteiger partial charge < -0.3 is 15.2 Å². The number of thiophene rings is 1. The van der Waals surface area contributed by atoms with Crippen molar-refractivity contribution in [2.24, 2.45) is 0 Å². The fourth-order valence-corrected chi connectivity index (χ4v) is 2.78. The van der Waals surface area contributed by atoms with Crippen molar-refractivity contribution < 1.29 is 19.4 Å². The molecule has 0 aromatic carbocycles. The number of rotatable bonds is 6. The molecule has 0 fully saturated rings. The van der Waals surface area contributed by atoms with E-state index in [-0.39, 0.29) is 18.4 Å². The van der Waals surface area contributed by atoms with Crippen LogP contribution in [-0.2, 0) is 14.3 Å². The van der Waals surface area contributed by atoms with Gasteiger partial charge in [0, 0.05) is 12.0 Å². The summed E-state index contributed by atoms with van der Waals surface area (Å²) in [7, 11) is 1.30. The lowest BCUT2D eigenvalue weighted by atomic mass is 10.1. The molecule has 2 unspecified atom stereocenters. The minimum atomic E-state index is -1.09. The van der Waals surface area contributed by atoms with Crippen molar-refractivity contribution in [1.82, 2.24) is 5.32 Å². The van der Waals surface area contributed by atoms with Gasteiger partial charge in [-0.2, -0.15) is 0 Å². The molecule has 0 radical (unpaired) electrons. The van der Waals surface area contributed by atoms with Gasteiger partial charge in [-0.1, -0.05) is 0 Å². The van der Waals surface area contributed by atoms with Crippen molar-refractivity contribution in [3.05, 3.63) is 20.8 Å². The minimum absolute atomic E-state index is 0.0401. The molecule has 1 heterocycles. The highest BCUT2D eigenvalue weighted by Crippen LogP contribution is 2.28. The molecule has 18 heavy (non-hydrogen) atoms. The fraction of sp³-hybridized carbons (Fsp3) is 0.455. The fourth-order valence-electron chi connectivity index (χ4n) is 1.31. The third-order valence-corrected chi connectivity index (χ3v) is 4.24. The highest BCUT2D eigenvalue weighted by atomic mass is 79.9. The van der Waals surface area contributed by atoms with Crippen LogP contribution in [0, 0.1) is 0 Å². The Morgan fingerprint density at radius 1 is 1.56 bits per heavy atom. The molecule has 0 aliphatic heterocycles. The van der Waals surface area contributed by atoms with Gasteiger partial charge in [0.2, 0.25) is 5.91 Å². The van der Waals surface area contributed by atoms with Crippen LogP contribution in [0.25, 0.3) is 0 Å². The van der Waals surface area contributed by atoms with E-state index in [0.29, 0.717) is 0 Å². The third-order valence-electron chi connectivity index (χ3n) is 2.44. The van der Waals surface area contributed by atoms with Crippen LogP contribution in [0.15, 0.2) is 15.9 Å². The zero-order chi connectivity index (χ0) is 13.7. The maximum absolute atomic E-state index is 11.8. The summed E-state index contributed by atoms with van der Waals surface area (Å²) in [5.74, 6) is -1.62. The van der Waals surface area contributed by atoms with Gasteiger partial charge in [0.05, 0.1) is 16.2 Å². The monoisotopic (exact) mass is 335 g/mol. The number of carboxylic acid groups (broad SMARTS) is 1. The number of methoxy groups -OCH3 is 1. The Kier molecular flexibility index (Phi) is 5.77. The van der Waals surface area contributed by atoms with Gasteiger partial charge in [-0.15, -0.1) is 11.3 Å². The lowest BCUT2D eigenvalue weighted by molar-refractivity contribution is -0.148. The first kappa shape index (κ1) is 15.1. The number of halogens is 1. The second-order valence-electron chi connectivity index (χ2n) is 3.67. The zero-order valence-corrected chi connectivity index (χ0v) is 12.4. The van der Waals surface area contributed by atoms with Gasteiger partial charge in [0.25, 0.3) is 0 Å². The smallest absolute Gasteiger partial charge is 0.334 e. The summed E-state index contributed by atoms with van der Waals surface area (Å²) >= 11 is 4.81. The summed E-state index contributed by atoms with van der Waals surface area (Å²) in [6.45, 7) is 1.73. The lowest BCUT2D eigenvalue weighted by Gasteiger charge is -2.14. The van der Waals surface area contributed by atoms with E-state index < -0.39 is 12.1 Å². The average Bonchev–Trinajstić information content (AvgIpc) is 2.75. The van der Waals surface area contributed by atoms with Crippen LogP contribution in [0.4, 0.5) is 0 Å². The number of ether oxygens (including phenoxy) is 1. The van der Waals surface area contributed by atoms with Crippen LogP contribution in [0.1, 0.15) is 17.7 Å². The molecule has 0 saturated heterocycles. The zero-order valence-electron chi connectivity index (χ0n) is 9.97. The minimum Gasteiger partial charge on any atom is -0.479 e. The first-order valence-corrected chi connectivity index (χ1v) is 6.85. The Morgan fingerprint density at radius 3 is 2.67 bits per heavy atom. The molecule has 0 aliphatic carbocycles. The molecule has 0 aliphatic rings. The van der Waals surface area contributed by atoms with Gasteiger partial charge in [-0.05, 0) is 35.0 Å². The van der Waals surface area contributed by atoms with Crippen molar-refractivity contribution in [3.8, 4) is 0 Å². The molecule has 0 saturated carbocycles. The van der Waals surface area contributed by atoms with E-state index in [2.05, 4.69) is 21.2 Å². The predicted octanol–water partition coefficient (Wildman–Crippen LogP) is 1.83. The summed E-state index contributed by atoms with van der Waals surface area (Å²) in [6.07, 6.45) is -1.02. The van der Waals surface area contributed by atoms with Crippen LogP contribution in [0.5, 0.6) is 0 Å². The van der Waals surface area contributed by atoms with E-state index in [4.69, 9.17) is 9.84 Å². The third kappa shape index (κ3) is 4.08. The molecule has 100 valence electrons. The Morgan fingerprint density at radius 2 is 2.22 bits per heavy atom. The van der Waals surface area contributed by atoms with E-state index >= 15 is 0 Å². The topological polar surface area (TPSA) is 75.6 Å². The summed E-state index contributed by atoms with van der Waals surface area (Å²) in [5.41, 5.74) is 0. The predicted molar refractivity (Wildman–Crippen MR) is 71.9 cm³/mol. The van der Waals surface area contributed by atoms with E-state index in [1.54, 1.807) is 6.92 Å². The average molecular weight is 336 g/mol. The summed E-state index contributed by atoms with van der Waals surface area (Å²) in [5, 5.41) is 11.3. The van der Waals surface area contributed by atoms with Crippen LogP contribution in [-0.4, -0.2) is 36.7 Å². The molecular weight excluding hydrogens is 322 g/mol. The highest BCUT2D eigenvalue weighted by Gasteiger charge is 2.21. The molecule has 1 aromatic heterocycles. The number of carboxylic acids is 1. The molecule has 7 heteroatoms. The highest BCUT2D eigenvalue weighted by molar-refractivity contribution is 9.11. The summed E-state index contributed by atoms with van der Waals surface area (Å²) < 4.78 is 5.69. The van der Waals surface area contributed by atoms with E-state index in [0.717, 1.165) is 8.66 Å². The number of nitrogens with one attached hydrogen (secondary N) is 1. The maximum atomic E-state index is 11.8. The lowest BCUT2D eigenvalue weighted by Crippen LogP contribution is -2.39. The summed E-state index contributed by atoms with van der Waals surface area (Å²) in [6, 6.07) is 3.74. The van der Waals surface area contributed by atoms with E-state index in [1.807, 2.05) is 12.1 Å². The summed E-state index contributed by atoms with van der Waals surface area (Å²) in [4.78, 5) is 23.5. The molecule has 1 aromatic rings. The number of carbonyl (C=O) groups is 2. The van der Waals surface area contributed by atoms with Gasteiger partial charge in [-0.25, -0.2) is 4.79 Å². The first-order valence-electron chi connectivity index (χ1n) is 5.24. The molecule has 1 amide bonds. The van der Waals surface area contributed by atoms with E-state index in [1.165, 1.54) is 18.4 Å². The first-order chi connectivity index (χ1) is 8.45. The van der Waals surface area contributed by atoms with Crippen molar-refractivity contribution in [3.63, 3.8) is 0 Å². The molecule has 1 rings (SSSR count). The van der Waals surface area contributed by atoms with Crippen LogP contribution in [0.3, 0.4) is 0 Å². The molecule has 5 nitrogen and oxygen atoms in total. The van der Waals surface area contributed by atoms with Crippen LogP contribution < -0.4 is 5.32 Å². The van der Waals surface area contributed by atoms with Gasteiger partial charge in [0.15, 0.2) is 6.10 Å². The van der Waals surface area contributed by atoms with Crippen molar-refractivity contribution in [1.29, 1.82) is 0 Å². The Hall–Kier alpha value is -0.920. The molecular formula is C11H14BrNO4S. The maximum Gasteiger partial charge on any atom is 0.334 e. The number of hydrogen-bond donors (Lipinski definition) is 2. The number of carbonyl (C=O) groups excluding carboxylic acids is 1. The number of hydrogen-bond acceptors (Lipinski definition) is 4. The molecule has 2 N–H and O–H groups in total. The van der Waals surface area contributed by atoms with Gasteiger partial charge in [0.1, 0.15) is 0 Å². The number of aliphatic carboxylic acids is 1. The number of amides is 1. The largest absolute Gasteiger partial charge is 0.479 e. The molecule has 2 atom stereocenters. The van der Waals surface area contributed by atoms with Gasteiger partial charge in [-0.3, -0.25) is 4.79 Å². The van der Waals surface area contributed by atoms with Crippen molar-refractivity contribution in [2.75, 3.05) is 13.7 Å². The second kappa shape index (κ2) is 6.86. The quantitative estimate of drug-likeness (QED) is 0.831. The SMILES string of the molecule is COC(CNC(=O)C(C)c1ccc(Br)s1)C(=O)O. The normalized spacial score (nSPS) is 13.9. The van der Waals surface area contributed by atoms with Gasteiger partial charge >= 0.3 is 5.97 Å². The van der Waals surface area contributed by atoms with Crippen molar-refractivity contribution >= 4 is 39.1 Å². The molecule has 0 spiro atoms. The Labute approximate surface area is 117 Å². The second-order valence-corrected chi connectivity index (χ2v) is 6.17.